The maximum absolute atomic E-state index is 11.7. The molecule has 1 rings (SSSR count). The number of rotatable bonds is 6. The monoisotopic (exact) mass is 246 g/mol. The van der Waals surface area contributed by atoms with Crippen molar-refractivity contribution in [2.75, 3.05) is 31.8 Å². The van der Waals surface area contributed by atoms with Crippen LogP contribution in [0.5, 0.6) is 0 Å². The second-order valence-electron chi connectivity index (χ2n) is 4.06. The van der Waals surface area contributed by atoms with E-state index in [0.29, 0.717) is 19.1 Å². The van der Waals surface area contributed by atoms with Crippen LogP contribution in [0, 0.1) is 0 Å². The van der Waals surface area contributed by atoms with Crippen LogP contribution in [0.15, 0.2) is 0 Å². The van der Waals surface area contributed by atoms with Crippen LogP contribution in [-0.4, -0.2) is 49.8 Å². The van der Waals surface area contributed by atoms with Gasteiger partial charge in [0.05, 0.1) is 13.2 Å². The van der Waals surface area contributed by atoms with Crippen molar-refractivity contribution in [2.45, 2.75) is 31.8 Å². The maximum atomic E-state index is 11.7. The number of hydrogen-bond acceptors (Lipinski definition) is 4. The first kappa shape index (κ1) is 13.8. The first-order valence-corrected chi connectivity index (χ1v) is 7.25. The SMILES string of the molecule is CCC(CSC)NC(=O)CC1COCCN1. The van der Waals surface area contributed by atoms with Crippen molar-refractivity contribution in [1.82, 2.24) is 10.6 Å². The van der Waals surface area contributed by atoms with Crippen molar-refractivity contribution >= 4 is 17.7 Å². The molecule has 2 unspecified atom stereocenters. The minimum atomic E-state index is 0.129. The van der Waals surface area contributed by atoms with E-state index in [1.807, 2.05) is 0 Å². The van der Waals surface area contributed by atoms with Crippen LogP contribution in [0.4, 0.5) is 0 Å². The van der Waals surface area contributed by atoms with E-state index in [9.17, 15) is 4.79 Å². The summed E-state index contributed by atoms with van der Waals surface area (Å²) in [5.41, 5.74) is 0. The quantitative estimate of drug-likeness (QED) is 0.721. The van der Waals surface area contributed by atoms with Gasteiger partial charge in [-0.1, -0.05) is 6.92 Å². The molecule has 0 bridgehead atoms. The van der Waals surface area contributed by atoms with E-state index in [1.54, 1.807) is 11.8 Å². The van der Waals surface area contributed by atoms with E-state index < -0.39 is 0 Å². The van der Waals surface area contributed by atoms with Gasteiger partial charge in [0.1, 0.15) is 0 Å². The Morgan fingerprint density at radius 1 is 1.69 bits per heavy atom. The third-order valence-corrected chi connectivity index (χ3v) is 3.39. The number of carbonyl (C=O) groups excluding carboxylic acids is 1. The molecular weight excluding hydrogens is 224 g/mol. The zero-order valence-corrected chi connectivity index (χ0v) is 10.9. The van der Waals surface area contributed by atoms with E-state index in [1.165, 1.54) is 0 Å². The second kappa shape index (κ2) is 7.92. The van der Waals surface area contributed by atoms with Gasteiger partial charge in [0.15, 0.2) is 0 Å². The fraction of sp³-hybridized carbons (Fsp3) is 0.909. The zero-order chi connectivity index (χ0) is 11.8. The molecule has 0 saturated carbocycles. The lowest BCUT2D eigenvalue weighted by molar-refractivity contribution is -0.122. The Labute approximate surface area is 102 Å². The topological polar surface area (TPSA) is 50.4 Å². The lowest BCUT2D eigenvalue weighted by atomic mass is 10.1. The Bertz CT molecular complexity index is 199. The molecule has 16 heavy (non-hydrogen) atoms. The molecule has 5 heteroatoms. The van der Waals surface area contributed by atoms with Crippen LogP contribution in [0.25, 0.3) is 0 Å². The van der Waals surface area contributed by atoms with Gasteiger partial charge in [0.2, 0.25) is 5.91 Å². The predicted octanol–water partition coefficient (Wildman–Crippen LogP) is 0.623. The van der Waals surface area contributed by atoms with E-state index in [-0.39, 0.29) is 11.9 Å². The molecule has 0 aromatic rings. The minimum absolute atomic E-state index is 0.129. The summed E-state index contributed by atoms with van der Waals surface area (Å²) in [4.78, 5) is 11.7. The third-order valence-electron chi connectivity index (χ3n) is 2.66. The first-order valence-electron chi connectivity index (χ1n) is 5.85. The van der Waals surface area contributed by atoms with Gasteiger partial charge in [-0.2, -0.15) is 11.8 Å². The summed E-state index contributed by atoms with van der Waals surface area (Å²) in [5, 5.41) is 6.34. The van der Waals surface area contributed by atoms with Crippen LogP contribution < -0.4 is 10.6 Å². The molecule has 4 nitrogen and oxygen atoms in total. The van der Waals surface area contributed by atoms with Crippen LogP contribution in [0.2, 0.25) is 0 Å². The molecule has 0 aromatic carbocycles. The van der Waals surface area contributed by atoms with Crippen molar-refractivity contribution in [3.05, 3.63) is 0 Å². The van der Waals surface area contributed by atoms with Gasteiger partial charge in [-0.05, 0) is 12.7 Å². The highest BCUT2D eigenvalue weighted by molar-refractivity contribution is 7.98. The molecular formula is C11H22N2O2S. The second-order valence-corrected chi connectivity index (χ2v) is 4.97. The molecule has 1 heterocycles. The summed E-state index contributed by atoms with van der Waals surface area (Å²) in [6, 6.07) is 0.479. The van der Waals surface area contributed by atoms with E-state index in [0.717, 1.165) is 25.3 Å². The van der Waals surface area contributed by atoms with Gasteiger partial charge < -0.3 is 15.4 Å². The highest BCUT2D eigenvalue weighted by Crippen LogP contribution is 2.03. The average Bonchev–Trinajstić information content (AvgIpc) is 2.29. The predicted molar refractivity (Wildman–Crippen MR) is 67.8 cm³/mol. The summed E-state index contributed by atoms with van der Waals surface area (Å²) in [5.74, 6) is 1.11. The largest absolute Gasteiger partial charge is 0.378 e. The number of morpholine rings is 1. The molecule has 2 atom stereocenters. The van der Waals surface area contributed by atoms with Gasteiger partial charge in [0, 0.05) is 30.8 Å². The van der Waals surface area contributed by atoms with Gasteiger partial charge in [-0.3, -0.25) is 4.79 Å². The van der Waals surface area contributed by atoms with Crippen molar-refractivity contribution in [1.29, 1.82) is 0 Å². The van der Waals surface area contributed by atoms with Gasteiger partial charge in [-0.15, -0.1) is 0 Å². The molecule has 2 N–H and O–H groups in total. The highest BCUT2D eigenvalue weighted by atomic mass is 32.2. The number of amides is 1. The summed E-state index contributed by atoms with van der Waals surface area (Å²) in [6.07, 6.45) is 3.57. The molecule has 1 aliphatic heterocycles. The molecule has 1 amide bonds. The third kappa shape index (κ3) is 5.18. The van der Waals surface area contributed by atoms with Crippen LogP contribution >= 0.6 is 11.8 Å². The van der Waals surface area contributed by atoms with E-state index >= 15 is 0 Å². The van der Waals surface area contributed by atoms with E-state index in [4.69, 9.17) is 4.74 Å². The molecule has 0 aromatic heterocycles. The normalized spacial score (nSPS) is 22.8. The lowest BCUT2D eigenvalue weighted by Crippen LogP contribution is -2.46. The van der Waals surface area contributed by atoms with E-state index in [2.05, 4.69) is 23.8 Å². The fourth-order valence-corrected chi connectivity index (χ4v) is 2.45. The number of hydrogen-bond donors (Lipinski definition) is 2. The molecule has 1 saturated heterocycles. The standard InChI is InChI=1S/C11H22N2O2S/c1-3-9(8-16-2)13-11(14)6-10-7-15-5-4-12-10/h9-10,12H,3-8H2,1-2H3,(H,13,14). The number of carbonyl (C=O) groups is 1. The van der Waals surface area contributed by atoms with Gasteiger partial charge in [0.25, 0.3) is 0 Å². The zero-order valence-electron chi connectivity index (χ0n) is 10.1. The Morgan fingerprint density at radius 2 is 2.50 bits per heavy atom. The molecule has 1 fully saturated rings. The Balaban J connectivity index is 2.22. The van der Waals surface area contributed by atoms with Crippen molar-refractivity contribution in [3.63, 3.8) is 0 Å². The molecule has 0 aliphatic carbocycles. The summed E-state index contributed by atoms with van der Waals surface area (Å²) in [6.45, 7) is 4.35. The van der Waals surface area contributed by atoms with Crippen LogP contribution in [0.3, 0.4) is 0 Å². The summed E-state index contributed by atoms with van der Waals surface area (Å²) in [7, 11) is 0. The fourth-order valence-electron chi connectivity index (χ4n) is 1.72. The minimum Gasteiger partial charge on any atom is -0.378 e. The van der Waals surface area contributed by atoms with Gasteiger partial charge >= 0.3 is 0 Å². The smallest absolute Gasteiger partial charge is 0.221 e. The first-order chi connectivity index (χ1) is 7.76. The molecule has 1 aliphatic rings. The molecule has 0 radical (unpaired) electrons. The van der Waals surface area contributed by atoms with Crippen molar-refractivity contribution in [3.8, 4) is 0 Å². The summed E-state index contributed by atoms with van der Waals surface area (Å²) >= 11 is 1.77. The molecule has 94 valence electrons. The lowest BCUT2D eigenvalue weighted by Gasteiger charge is -2.24. The number of ether oxygens (including phenoxy) is 1. The number of nitrogens with one attached hydrogen (secondary N) is 2. The van der Waals surface area contributed by atoms with Crippen LogP contribution in [0.1, 0.15) is 19.8 Å². The van der Waals surface area contributed by atoms with Crippen LogP contribution in [-0.2, 0) is 9.53 Å². The van der Waals surface area contributed by atoms with Crippen molar-refractivity contribution < 1.29 is 9.53 Å². The Hall–Kier alpha value is -0.260. The average molecular weight is 246 g/mol. The number of thioether (sulfide) groups is 1. The highest BCUT2D eigenvalue weighted by Gasteiger charge is 2.18. The van der Waals surface area contributed by atoms with Gasteiger partial charge in [-0.25, -0.2) is 0 Å². The Morgan fingerprint density at radius 3 is 3.06 bits per heavy atom. The maximum Gasteiger partial charge on any atom is 0.221 e. The Kier molecular flexibility index (Phi) is 6.84. The summed E-state index contributed by atoms with van der Waals surface area (Å²) < 4.78 is 5.32. The molecule has 0 spiro atoms. The van der Waals surface area contributed by atoms with Crippen molar-refractivity contribution in [2.24, 2.45) is 0 Å².